The number of hydrogen-bond donors (Lipinski definition) is 0. The Labute approximate surface area is 147 Å². The Hall–Kier alpha value is -2.63. The van der Waals surface area contributed by atoms with Gasteiger partial charge in [0.1, 0.15) is 5.69 Å². The lowest BCUT2D eigenvalue weighted by Crippen LogP contribution is -2.34. The molecular weight excluding hydrogens is 318 g/mol. The van der Waals surface area contributed by atoms with E-state index in [0.29, 0.717) is 30.6 Å². The van der Waals surface area contributed by atoms with Gasteiger partial charge in [-0.2, -0.15) is 0 Å². The topological polar surface area (TPSA) is 62.7 Å². The maximum Gasteiger partial charge on any atom is 0.272 e. The molecule has 0 saturated carbocycles. The summed E-state index contributed by atoms with van der Waals surface area (Å²) >= 11 is 0. The Morgan fingerprint density at radius 3 is 2.80 bits per heavy atom. The second-order valence-corrected chi connectivity index (χ2v) is 6.54. The van der Waals surface area contributed by atoms with Crippen molar-refractivity contribution in [3.63, 3.8) is 0 Å². The van der Waals surface area contributed by atoms with Gasteiger partial charge in [-0.05, 0) is 29.9 Å². The zero-order valence-electron chi connectivity index (χ0n) is 14.9. The molecule has 1 atom stereocenters. The predicted molar refractivity (Wildman–Crippen MR) is 95.6 cm³/mol. The second-order valence-electron chi connectivity index (χ2n) is 6.54. The van der Waals surface area contributed by atoms with Gasteiger partial charge in [0.2, 0.25) is 11.8 Å². The summed E-state index contributed by atoms with van der Waals surface area (Å²) in [6.07, 6.45) is 0.922. The first-order valence-corrected chi connectivity index (χ1v) is 8.44. The Morgan fingerprint density at radius 1 is 1.36 bits per heavy atom. The molecule has 2 amide bonds. The van der Waals surface area contributed by atoms with Crippen molar-refractivity contribution < 1.29 is 14.3 Å². The minimum Gasteiger partial charge on any atom is -0.481 e. The maximum absolute atomic E-state index is 12.8. The molecule has 1 aromatic carbocycles. The molecule has 1 fully saturated rings. The van der Waals surface area contributed by atoms with Gasteiger partial charge in [-0.3, -0.25) is 9.59 Å². The molecule has 2 aromatic rings. The fraction of sp³-hybridized carbons (Fsp3) is 0.421. The molecule has 0 spiro atoms. The van der Waals surface area contributed by atoms with Crippen molar-refractivity contribution in [1.29, 1.82) is 0 Å². The predicted octanol–water partition coefficient (Wildman–Crippen LogP) is 2.18. The minimum absolute atomic E-state index is 0.0948. The number of benzene rings is 1. The Bertz CT molecular complexity index is 806. The lowest BCUT2D eigenvalue weighted by atomic mass is 10.1. The van der Waals surface area contributed by atoms with E-state index in [1.807, 2.05) is 29.2 Å². The number of nitrogens with zero attached hydrogens (tertiary/aromatic N) is 3. The first-order valence-electron chi connectivity index (χ1n) is 8.44. The molecule has 1 saturated heterocycles. The molecule has 1 aromatic heterocycles. The monoisotopic (exact) mass is 341 g/mol. The number of hydrogen-bond acceptors (Lipinski definition) is 4. The number of ether oxygens (including phenoxy) is 1. The van der Waals surface area contributed by atoms with Crippen molar-refractivity contribution in [2.75, 3.05) is 33.8 Å². The summed E-state index contributed by atoms with van der Waals surface area (Å²) in [5.74, 6) is 0.724. The number of carbonyl (C=O) groups is 2. The van der Waals surface area contributed by atoms with Crippen LogP contribution in [0.5, 0.6) is 5.88 Å². The van der Waals surface area contributed by atoms with E-state index in [4.69, 9.17) is 4.74 Å². The molecule has 1 aliphatic heterocycles. The Kier molecular flexibility index (Phi) is 4.88. The zero-order valence-corrected chi connectivity index (χ0v) is 14.9. The van der Waals surface area contributed by atoms with E-state index < -0.39 is 0 Å². The molecule has 0 bridgehead atoms. The summed E-state index contributed by atoms with van der Waals surface area (Å²) in [6.45, 7) is 3.67. The minimum atomic E-state index is -0.134. The quantitative estimate of drug-likeness (QED) is 0.855. The van der Waals surface area contributed by atoms with E-state index >= 15 is 0 Å². The smallest absolute Gasteiger partial charge is 0.272 e. The highest BCUT2D eigenvalue weighted by molar-refractivity contribution is 5.98. The molecule has 0 N–H and O–H groups in total. The summed E-state index contributed by atoms with van der Waals surface area (Å²) in [4.78, 5) is 32.1. The van der Waals surface area contributed by atoms with Crippen LogP contribution < -0.4 is 4.74 Å². The van der Waals surface area contributed by atoms with Crippen molar-refractivity contribution in [2.45, 2.75) is 13.3 Å². The number of pyridine rings is 1. The van der Waals surface area contributed by atoms with E-state index in [-0.39, 0.29) is 11.8 Å². The van der Waals surface area contributed by atoms with Crippen LogP contribution in [0.1, 0.15) is 23.8 Å². The van der Waals surface area contributed by atoms with Crippen LogP contribution in [0.4, 0.5) is 0 Å². The van der Waals surface area contributed by atoms with E-state index in [1.54, 1.807) is 32.0 Å². The first kappa shape index (κ1) is 17.2. The summed E-state index contributed by atoms with van der Waals surface area (Å²) in [5, 5.41) is 1.81. The Balaban J connectivity index is 1.76. The van der Waals surface area contributed by atoms with E-state index in [0.717, 1.165) is 23.7 Å². The normalized spacial score (nSPS) is 16.9. The summed E-state index contributed by atoms with van der Waals surface area (Å²) in [5.41, 5.74) is 0.375. The molecule has 1 aliphatic rings. The number of methoxy groups -OCH3 is 1. The van der Waals surface area contributed by atoms with Crippen molar-refractivity contribution in [3.05, 3.63) is 36.0 Å². The van der Waals surface area contributed by atoms with Crippen molar-refractivity contribution >= 4 is 22.6 Å². The maximum atomic E-state index is 12.8. The highest BCUT2D eigenvalue weighted by Crippen LogP contribution is 2.25. The van der Waals surface area contributed by atoms with Gasteiger partial charge in [-0.15, -0.1) is 0 Å². The van der Waals surface area contributed by atoms with Gasteiger partial charge < -0.3 is 14.5 Å². The molecule has 6 heteroatoms. The number of likely N-dealkylation sites (tertiary alicyclic amines) is 1. The molecule has 0 radical (unpaired) electrons. The number of aromatic nitrogens is 1. The number of carbonyl (C=O) groups excluding carboxylic acids is 2. The van der Waals surface area contributed by atoms with Gasteiger partial charge in [0.05, 0.1) is 7.11 Å². The van der Waals surface area contributed by atoms with Gasteiger partial charge in [-0.25, -0.2) is 4.98 Å². The standard InChI is InChI=1S/C19H23N3O3/c1-13(23)22-9-8-14(12-22)11-21(2)19(24)17-10-15-6-4-5-7-16(15)18(20-17)25-3/h4-7,10,14H,8-9,11-12H2,1-3H3. The van der Waals surface area contributed by atoms with Gasteiger partial charge in [0, 0.05) is 39.0 Å². The van der Waals surface area contributed by atoms with Gasteiger partial charge in [0.25, 0.3) is 5.91 Å². The van der Waals surface area contributed by atoms with Gasteiger partial charge in [0.15, 0.2) is 0 Å². The van der Waals surface area contributed by atoms with E-state index in [1.165, 1.54) is 0 Å². The molecule has 0 aliphatic carbocycles. The van der Waals surface area contributed by atoms with Crippen LogP contribution in [0.25, 0.3) is 10.8 Å². The summed E-state index contributed by atoms with van der Waals surface area (Å²) in [6, 6.07) is 9.51. The summed E-state index contributed by atoms with van der Waals surface area (Å²) < 4.78 is 5.35. The third kappa shape index (κ3) is 3.57. The van der Waals surface area contributed by atoms with Crippen LogP contribution in [-0.2, 0) is 4.79 Å². The number of fused-ring (bicyclic) bond motifs is 1. The molecular formula is C19H23N3O3. The van der Waals surface area contributed by atoms with Crippen LogP contribution in [0.2, 0.25) is 0 Å². The van der Waals surface area contributed by atoms with Crippen LogP contribution in [0.15, 0.2) is 30.3 Å². The van der Waals surface area contributed by atoms with Gasteiger partial charge >= 0.3 is 0 Å². The molecule has 132 valence electrons. The van der Waals surface area contributed by atoms with Crippen molar-refractivity contribution in [1.82, 2.24) is 14.8 Å². The fourth-order valence-electron chi connectivity index (χ4n) is 3.37. The third-order valence-electron chi connectivity index (χ3n) is 4.73. The van der Waals surface area contributed by atoms with Crippen molar-refractivity contribution in [2.24, 2.45) is 5.92 Å². The SMILES string of the molecule is COc1nc(C(=O)N(C)CC2CCN(C(C)=O)C2)cc2ccccc12. The van der Waals surface area contributed by atoms with Crippen LogP contribution in [0.3, 0.4) is 0 Å². The fourth-order valence-corrected chi connectivity index (χ4v) is 3.37. The molecule has 2 heterocycles. The van der Waals surface area contributed by atoms with Crippen LogP contribution >= 0.6 is 0 Å². The van der Waals surface area contributed by atoms with Crippen molar-refractivity contribution in [3.8, 4) is 5.88 Å². The average Bonchev–Trinajstić information content (AvgIpc) is 3.08. The molecule has 25 heavy (non-hydrogen) atoms. The zero-order chi connectivity index (χ0) is 18.0. The number of rotatable bonds is 4. The molecule has 3 rings (SSSR count). The average molecular weight is 341 g/mol. The largest absolute Gasteiger partial charge is 0.481 e. The second kappa shape index (κ2) is 7.09. The lowest BCUT2D eigenvalue weighted by molar-refractivity contribution is -0.127. The molecule has 6 nitrogen and oxygen atoms in total. The van der Waals surface area contributed by atoms with E-state index in [9.17, 15) is 9.59 Å². The van der Waals surface area contributed by atoms with Crippen LogP contribution in [0, 0.1) is 5.92 Å². The first-order chi connectivity index (χ1) is 12.0. The highest BCUT2D eigenvalue weighted by Gasteiger charge is 2.27. The molecule has 1 unspecified atom stereocenters. The lowest BCUT2D eigenvalue weighted by Gasteiger charge is -2.21. The highest BCUT2D eigenvalue weighted by atomic mass is 16.5. The Morgan fingerprint density at radius 2 is 2.12 bits per heavy atom. The summed E-state index contributed by atoms with van der Waals surface area (Å²) in [7, 11) is 3.34. The van der Waals surface area contributed by atoms with E-state index in [2.05, 4.69) is 4.98 Å². The third-order valence-corrected chi connectivity index (χ3v) is 4.73. The van der Waals surface area contributed by atoms with Crippen LogP contribution in [-0.4, -0.2) is 60.4 Å². The number of amides is 2. The van der Waals surface area contributed by atoms with Gasteiger partial charge in [-0.1, -0.05) is 18.2 Å².